The Morgan fingerprint density at radius 3 is 2.08 bits per heavy atom. The summed E-state index contributed by atoms with van der Waals surface area (Å²) in [5.41, 5.74) is 7.76. The van der Waals surface area contributed by atoms with Crippen LogP contribution in [0.15, 0.2) is 119 Å². The lowest BCUT2D eigenvalue weighted by molar-refractivity contribution is 0.588. The normalized spacial score (nSPS) is 16.5. The van der Waals surface area contributed by atoms with Gasteiger partial charge in [-0.15, -0.1) is 0 Å². The van der Waals surface area contributed by atoms with Gasteiger partial charge in [0.05, 0.1) is 17.1 Å². The molecule has 38 heavy (non-hydrogen) atoms. The molecule has 2 heterocycles. The first-order chi connectivity index (χ1) is 18.8. The van der Waals surface area contributed by atoms with Crippen molar-refractivity contribution in [3.63, 3.8) is 0 Å². The van der Waals surface area contributed by atoms with E-state index >= 15 is 0 Å². The van der Waals surface area contributed by atoms with Crippen LogP contribution < -0.4 is 0 Å². The first kappa shape index (κ1) is 22.0. The van der Waals surface area contributed by atoms with Crippen LogP contribution in [0.25, 0.3) is 49.3 Å². The molecule has 6 aromatic rings. The highest BCUT2D eigenvalue weighted by Crippen LogP contribution is 2.52. The lowest BCUT2D eigenvalue weighted by atomic mass is 9.83. The minimum atomic E-state index is 0.279. The van der Waals surface area contributed by atoms with E-state index in [1.54, 1.807) is 0 Å². The van der Waals surface area contributed by atoms with Gasteiger partial charge in [-0.1, -0.05) is 110 Å². The van der Waals surface area contributed by atoms with E-state index < -0.39 is 0 Å². The summed E-state index contributed by atoms with van der Waals surface area (Å²) in [5, 5.41) is 5.27. The minimum absolute atomic E-state index is 0.279. The second-order valence-corrected chi connectivity index (χ2v) is 11.3. The van der Waals surface area contributed by atoms with Crippen LogP contribution in [0.2, 0.25) is 0 Å². The third kappa shape index (κ3) is 3.12. The van der Waals surface area contributed by atoms with Crippen LogP contribution in [0.3, 0.4) is 0 Å². The van der Waals surface area contributed by atoms with Crippen LogP contribution in [0.4, 0.5) is 0 Å². The lowest BCUT2D eigenvalue weighted by Gasteiger charge is -2.32. The van der Waals surface area contributed by atoms with E-state index in [1.165, 1.54) is 65.0 Å². The molecule has 8 rings (SSSR count). The molecule has 1 atom stereocenters. The summed E-state index contributed by atoms with van der Waals surface area (Å²) in [6.45, 7) is 2.22. The van der Waals surface area contributed by atoms with Gasteiger partial charge in [0, 0.05) is 16.2 Å². The van der Waals surface area contributed by atoms with Crippen molar-refractivity contribution < 1.29 is 0 Å². The first-order valence-corrected chi connectivity index (χ1v) is 14.2. The van der Waals surface area contributed by atoms with E-state index in [-0.39, 0.29) is 6.04 Å². The van der Waals surface area contributed by atoms with E-state index in [4.69, 9.17) is 4.98 Å². The maximum Gasteiger partial charge on any atom is 0.110 e. The van der Waals surface area contributed by atoms with Crippen molar-refractivity contribution in [3.8, 4) is 11.1 Å². The Labute approximate surface area is 226 Å². The quantitative estimate of drug-likeness (QED) is 0.222. The van der Waals surface area contributed by atoms with Crippen molar-refractivity contribution >= 4 is 49.9 Å². The van der Waals surface area contributed by atoms with Gasteiger partial charge in [0.1, 0.15) is 5.82 Å². The molecular weight excluding hydrogens is 480 g/mol. The number of allylic oxidation sites excluding steroid dienone is 4. The highest BCUT2D eigenvalue weighted by molar-refractivity contribution is 8.03. The summed E-state index contributed by atoms with van der Waals surface area (Å²) in [5.74, 6) is 1.18. The third-order valence-electron chi connectivity index (χ3n) is 8.11. The van der Waals surface area contributed by atoms with Gasteiger partial charge < -0.3 is 4.57 Å². The molecule has 2 nitrogen and oxygen atoms in total. The topological polar surface area (TPSA) is 17.8 Å². The van der Waals surface area contributed by atoms with Gasteiger partial charge in [0.2, 0.25) is 0 Å². The van der Waals surface area contributed by atoms with Gasteiger partial charge in [-0.25, -0.2) is 4.98 Å². The Balaban J connectivity index is 1.38. The predicted molar refractivity (Wildman–Crippen MR) is 162 cm³/mol. The second-order valence-electron chi connectivity index (χ2n) is 10.2. The van der Waals surface area contributed by atoms with Crippen LogP contribution in [0.5, 0.6) is 0 Å². The molecule has 182 valence electrons. The van der Waals surface area contributed by atoms with E-state index in [0.29, 0.717) is 0 Å². The zero-order chi connectivity index (χ0) is 25.2. The molecule has 3 heteroatoms. The standard InChI is InChI=1S/C35H26N2S/c1-2-32-36-28-17-10-18-31-35(28)37(32)29-21-23(19-20-30(29)38-31)34-26-15-8-6-13-24(26)33(22-11-4-3-5-12-22)25-14-7-9-16-27(25)34/h3-20,29H,2,21H2,1H3. The zero-order valence-corrected chi connectivity index (χ0v) is 22.0. The molecule has 2 aliphatic rings. The molecule has 1 aromatic heterocycles. The van der Waals surface area contributed by atoms with E-state index in [2.05, 4.69) is 121 Å². The van der Waals surface area contributed by atoms with E-state index in [1.807, 2.05) is 11.8 Å². The molecule has 1 aliphatic heterocycles. The Kier molecular flexibility index (Phi) is 4.89. The molecular formula is C35H26N2S. The highest BCUT2D eigenvalue weighted by atomic mass is 32.2. The fourth-order valence-electron chi connectivity index (χ4n) is 6.53. The van der Waals surface area contributed by atoms with Crippen LogP contribution in [-0.4, -0.2) is 9.55 Å². The van der Waals surface area contributed by atoms with Crippen molar-refractivity contribution in [1.29, 1.82) is 0 Å². The van der Waals surface area contributed by atoms with E-state index in [0.717, 1.165) is 18.4 Å². The molecule has 5 aromatic carbocycles. The minimum Gasteiger partial charge on any atom is -0.319 e. The van der Waals surface area contributed by atoms with Gasteiger partial charge >= 0.3 is 0 Å². The fourth-order valence-corrected chi connectivity index (χ4v) is 7.69. The SMILES string of the molecule is CCc1nc2cccc3c2n1C1CC(c2c4ccccc4c(-c4ccccc4)c4ccccc24)=CC=C1S3. The summed E-state index contributed by atoms with van der Waals surface area (Å²) in [6, 6.07) is 35.6. The van der Waals surface area contributed by atoms with Crippen molar-refractivity contribution in [1.82, 2.24) is 9.55 Å². The average molecular weight is 507 g/mol. The van der Waals surface area contributed by atoms with Crippen LogP contribution in [0, 0.1) is 0 Å². The van der Waals surface area contributed by atoms with Crippen molar-refractivity contribution in [2.24, 2.45) is 0 Å². The molecule has 0 fully saturated rings. The third-order valence-corrected chi connectivity index (χ3v) is 9.30. The van der Waals surface area contributed by atoms with Crippen LogP contribution >= 0.6 is 11.8 Å². The maximum absolute atomic E-state index is 5.04. The Morgan fingerprint density at radius 1 is 0.737 bits per heavy atom. The highest BCUT2D eigenvalue weighted by Gasteiger charge is 2.32. The van der Waals surface area contributed by atoms with Gasteiger partial charge in [0.25, 0.3) is 0 Å². The van der Waals surface area contributed by atoms with Crippen molar-refractivity contribution in [2.45, 2.75) is 30.7 Å². The molecule has 1 unspecified atom stereocenters. The molecule has 1 aliphatic carbocycles. The van der Waals surface area contributed by atoms with Crippen molar-refractivity contribution in [3.05, 3.63) is 126 Å². The number of aromatic nitrogens is 2. The first-order valence-electron chi connectivity index (χ1n) is 13.4. The summed E-state index contributed by atoms with van der Waals surface area (Å²) >= 11 is 1.92. The number of hydrogen-bond donors (Lipinski definition) is 0. The molecule has 0 N–H and O–H groups in total. The molecule has 0 saturated heterocycles. The van der Waals surface area contributed by atoms with Gasteiger partial charge in [-0.3, -0.25) is 0 Å². The summed E-state index contributed by atoms with van der Waals surface area (Å²) in [6.07, 6.45) is 6.64. The Bertz CT molecular complexity index is 1900. The fraction of sp³-hybridized carbons (Fsp3) is 0.114. The second kappa shape index (κ2) is 8.47. The van der Waals surface area contributed by atoms with Gasteiger partial charge in [-0.2, -0.15) is 0 Å². The lowest BCUT2D eigenvalue weighted by Crippen LogP contribution is -2.19. The summed E-state index contributed by atoms with van der Waals surface area (Å²) in [7, 11) is 0. The number of hydrogen-bond acceptors (Lipinski definition) is 2. The number of imidazole rings is 1. The molecule has 0 radical (unpaired) electrons. The number of nitrogens with zero attached hydrogens (tertiary/aromatic N) is 2. The number of para-hydroxylation sites is 1. The molecule has 0 amide bonds. The van der Waals surface area contributed by atoms with Crippen LogP contribution in [0.1, 0.15) is 30.8 Å². The van der Waals surface area contributed by atoms with Gasteiger partial charge in [0.15, 0.2) is 0 Å². The Morgan fingerprint density at radius 2 is 1.39 bits per heavy atom. The number of benzene rings is 5. The molecule has 0 bridgehead atoms. The number of fused-ring (bicyclic) bond motifs is 4. The van der Waals surface area contributed by atoms with Gasteiger partial charge in [-0.05, 0) is 68.4 Å². The monoisotopic (exact) mass is 506 g/mol. The zero-order valence-electron chi connectivity index (χ0n) is 21.2. The summed E-state index contributed by atoms with van der Waals surface area (Å²) < 4.78 is 2.53. The smallest absolute Gasteiger partial charge is 0.110 e. The van der Waals surface area contributed by atoms with Crippen molar-refractivity contribution in [2.75, 3.05) is 0 Å². The summed E-state index contributed by atoms with van der Waals surface area (Å²) in [4.78, 5) is 7.77. The average Bonchev–Trinajstić information content (AvgIpc) is 3.37. The maximum atomic E-state index is 5.04. The molecule has 0 spiro atoms. The van der Waals surface area contributed by atoms with E-state index in [9.17, 15) is 0 Å². The number of rotatable bonds is 3. The molecule has 0 saturated carbocycles. The largest absolute Gasteiger partial charge is 0.319 e. The Hall–Kier alpha value is -4.08. The van der Waals surface area contributed by atoms with Crippen LogP contribution in [-0.2, 0) is 6.42 Å². The number of aryl methyl sites for hydroxylation is 1. The number of thioether (sulfide) groups is 1. The predicted octanol–water partition coefficient (Wildman–Crippen LogP) is 9.59.